The number of aryl methyl sites for hydroxylation is 1. The Hall–Kier alpha value is -1.89. The molecule has 0 fully saturated rings. The topological polar surface area (TPSA) is 67.2 Å². The molecule has 3 aromatic rings. The fourth-order valence-electron chi connectivity index (χ4n) is 2.27. The Kier molecular flexibility index (Phi) is 4.39. The molecule has 0 saturated heterocycles. The van der Waals surface area contributed by atoms with Crippen molar-refractivity contribution in [3.05, 3.63) is 45.9 Å². The third-order valence-corrected chi connectivity index (χ3v) is 4.72. The van der Waals surface area contributed by atoms with Crippen molar-refractivity contribution in [1.82, 2.24) is 15.1 Å². The largest absolute Gasteiger partial charge is 0.392 e. The lowest BCUT2D eigenvalue weighted by Gasteiger charge is -2.05. The number of aromatic nitrogens is 2. The van der Waals surface area contributed by atoms with Gasteiger partial charge in [0.25, 0.3) is 5.91 Å². The zero-order valence-corrected chi connectivity index (χ0v) is 14.3. The second kappa shape index (κ2) is 6.31. The van der Waals surface area contributed by atoms with Gasteiger partial charge in [0.15, 0.2) is 0 Å². The van der Waals surface area contributed by atoms with E-state index in [4.69, 9.17) is 11.6 Å². The number of nitrogens with one attached hydrogen (secondary N) is 1. The van der Waals surface area contributed by atoms with Crippen LogP contribution in [0.15, 0.2) is 30.3 Å². The van der Waals surface area contributed by atoms with Gasteiger partial charge in [-0.15, -0.1) is 11.3 Å². The Morgan fingerprint density at radius 1 is 1.48 bits per heavy atom. The lowest BCUT2D eigenvalue weighted by molar-refractivity contribution is 0.0928. The minimum atomic E-state index is -0.572. The molecule has 0 spiro atoms. The molecular formula is C16H16ClN3O2S. The molecule has 0 saturated carbocycles. The number of carbonyl (C=O) groups is 1. The molecule has 0 aliphatic rings. The lowest BCUT2D eigenvalue weighted by Crippen LogP contribution is -2.29. The molecule has 2 N–H and O–H groups in total. The number of hydrogen-bond donors (Lipinski definition) is 2. The Bertz CT molecular complexity index is 869. The van der Waals surface area contributed by atoms with Gasteiger partial charge in [-0.1, -0.05) is 17.7 Å². The number of rotatable bonds is 4. The van der Waals surface area contributed by atoms with E-state index in [1.165, 1.54) is 11.3 Å². The molecule has 23 heavy (non-hydrogen) atoms. The first kappa shape index (κ1) is 16.0. The van der Waals surface area contributed by atoms with E-state index >= 15 is 0 Å². The van der Waals surface area contributed by atoms with E-state index in [1.54, 1.807) is 11.6 Å². The monoisotopic (exact) mass is 349 g/mol. The minimum absolute atomic E-state index is 0.191. The van der Waals surface area contributed by atoms with Crippen LogP contribution < -0.4 is 5.32 Å². The van der Waals surface area contributed by atoms with Crippen LogP contribution in [0.3, 0.4) is 0 Å². The molecule has 0 bridgehead atoms. The van der Waals surface area contributed by atoms with Crippen molar-refractivity contribution >= 4 is 39.1 Å². The van der Waals surface area contributed by atoms with Crippen LogP contribution in [0.25, 0.3) is 15.9 Å². The Morgan fingerprint density at radius 2 is 2.26 bits per heavy atom. The standard InChI is InChI=1S/C16H16ClN3O2S/c1-9(21)8-18-15(22)14-7-13-10(2)19-20(16(13)23-14)12-5-3-4-11(17)6-12/h3-7,9,21H,8H2,1-2H3,(H,18,22). The molecule has 2 heterocycles. The molecule has 0 aliphatic heterocycles. The van der Waals surface area contributed by atoms with Crippen LogP contribution in [0, 0.1) is 6.92 Å². The van der Waals surface area contributed by atoms with Crippen molar-refractivity contribution in [3.63, 3.8) is 0 Å². The van der Waals surface area contributed by atoms with Gasteiger partial charge in [-0.05, 0) is 38.1 Å². The van der Waals surface area contributed by atoms with Gasteiger partial charge in [0, 0.05) is 17.0 Å². The van der Waals surface area contributed by atoms with Crippen molar-refractivity contribution in [3.8, 4) is 5.69 Å². The Labute approximate surface area is 142 Å². The fourth-order valence-corrected chi connectivity index (χ4v) is 3.55. The summed E-state index contributed by atoms with van der Waals surface area (Å²) in [7, 11) is 0. The number of aliphatic hydroxyl groups excluding tert-OH is 1. The van der Waals surface area contributed by atoms with Crippen LogP contribution in [0.5, 0.6) is 0 Å². The molecule has 120 valence electrons. The molecule has 1 unspecified atom stereocenters. The maximum absolute atomic E-state index is 12.2. The number of benzene rings is 1. The summed E-state index contributed by atoms with van der Waals surface area (Å²) in [5.74, 6) is -0.191. The molecule has 5 nitrogen and oxygen atoms in total. The maximum Gasteiger partial charge on any atom is 0.261 e. The van der Waals surface area contributed by atoms with Crippen molar-refractivity contribution < 1.29 is 9.90 Å². The number of aliphatic hydroxyl groups is 1. The van der Waals surface area contributed by atoms with Gasteiger partial charge < -0.3 is 10.4 Å². The molecule has 0 aliphatic carbocycles. The van der Waals surface area contributed by atoms with Crippen LogP contribution in [0.1, 0.15) is 22.3 Å². The predicted molar refractivity (Wildman–Crippen MR) is 92.7 cm³/mol. The van der Waals surface area contributed by atoms with Gasteiger partial charge >= 0.3 is 0 Å². The van der Waals surface area contributed by atoms with E-state index in [0.717, 1.165) is 21.6 Å². The van der Waals surface area contributed by atoms with Gasteiger partial charge in [-0.25, -0.2) is 4.68 Å². The summed E-state index contributed by atoms with van der Waals surface area (Å²) in [5.41, 5.74) is 1.71. The first-order valence-electron chi connectivity index (χ1n) is 7.17. The normalized spacial score (nSPS) is 12.5. The van der Waals surface area contributed by atoms with E-state index in [2.05, 4.69) is 10.4 Å². The van der Waals surface area contributed by atoms with Gasteiger partial charge in [0.1, 0.15) is 4.83 Å². The highest BCUT2D eigenvalue weighted by molar-refractivity contribution is 7.20. The van der Waals surface area contributed by atoms with E-state index in [1.807, 2.05) is 37.3 Å². The SMILES string of the molecule is Cc1nn(-c2cccc(Cl)c2)c2sc(C(=O)NCC(C)O)cc12. The van der Waals surface area contributed by atoms with Crippen LogP contribution in [-0.4, -0.2) is 33.4 Å². The van der Waals surface area contributed by atoms with Crippen molar-refractivity contribution in [2.75, 3.05) is 6.54 Å². The number of fused-ring (bicyclic) bond motifs is 1. The van der Waals surface area contributed by atoms with E-state index < -0.39 is 6.10 Å². The second-order valence-corrected chi connectivity index (χ2v) is 6.83. The van der Waals surface area contributed by atoms with Gasteiger partial charge in [0.2, 0.25) is 0 Å². The lowest BCUT2D eigenvalue weighted by atomic mass is 10.3. The van der Waals surface area contributed by atoms with E-state index in [0.29, 0.717) is 9.90 Å². The summed E-state index contributed by atoms with van der Waals surface area (Å²) in [4.78, 5) is 13.7. The zero-order valence-electron chi connectivity index (χ0n) is 12.7. The van der Waals surface area contributed by atoms with Gasteiger partial charge in [-0.2, -0.15) is 5.10 Å². The molecule has 1 amide bonds. The Morgan fingerprint density at radius 3 is 2.96 bits per heavy atom. The number of carbonyl (C=O) groups excluding carboxylic acids is 1. The predicted octanol–water partition coefficient (Wildman–Crippen LogP) is 3.16. The average molecular weight is 350 g/mol. The molecule has 3 rings (SSSR count). The number of hydrogen-bond acceptors (Lipinski definition) is 4. The van der Waals surface area contributed by atoms with Crippen LogP contribution in [0.4, 0.5) is 0 Å². The maximum atomic E-state index is 12.2. The first-order chi connectivity index (χ1) is 11.0. The smallest absolute Gasteiger partial charge is 0.261 e. The van der Waals surface area contributed by atoms with Gasteiger partial charge in [0.05, 0.1) is 22.4 Å². The quantitative estimate of drug-likeness (QED) is 0.760. The van der Waals surface area contributed by atoms with E-state index in [9.17, 15) is 9.90 Å². The first-order valence-corrected chi connectivity index (χ1v) is 8.36. The summed E-state index contributed by atoms with van der Waals surface area (Å²) in [6.45, 7) is 3.77. The summed E-state index contributed by atoms with van der Waals surface area (Å²) in [5, 5.41) is 18.1. The van der Waals surface area contributed by atoms with E-state index in [-0.39, 0.29) is 12.5 Å². The van der Waals surface area contributed by atoms with Crippen molar-refractivity contribution in [1.29, 1.82) is 0 Å². The number of halogens is 1. The summed E-state index contributed by atoms with van der Waals surface area (Å²) >= 11 is 7.42. The summed E-state index contributed by atoms with van der Waals surface area (Å²) < 4.78 is 1.80. The number of nitrogens with zero attached hydrogens (tertiary/aromatic N) is 2. The average Bonchev–Trinajstić information content (AvgIpc) is 3.06. The Balaban J connectivity index is 2.00. The zero-order chi connectivity index (χ0) is 16.6. The molecule has 1 atom stereocenters. The van der Waals surface area contributed by atoms with Crippen molar-refractivity contribution in [2.45, 2.75) is 20.0 Å². The van der Waals surface area contributed by atoms with Crippen LogP contribution >= 0.6 is 22.9 Å². The number of thiophene rings is 1. The highest BCUT2D eigenvalue weighted by atomic mass is 35.5. The summed E-state index contributed by atoms with van der Waals surface area (Å²) in [6.07, 6.45) is -0.572. The highest BCUT2D eigenvalue weighted by Gasteiger charge is 2.17. The minimum Gasteiger partial charge on any atom is -0.392 e. The second-order valence-electron chi connectivity index (χ2n) is 5.37. The molecule has 0 radical (unpaired) electrons. The third-order valence-electron chi connectivity index (χ3n) is 3.38. The summed E-state index contributed by atoms with van der Waals surface area (Å²) in [6, 6.07) is 9.26. The van der Waals surface area contributed by atoms with Crippen LogP contribution in [-0.2, 0) is 0 Å². The molecule has 1 aromatic carbocycles. The van der Waals surface area contributed by atoms with Crippen LogP contribution in [0.2, 0.25) is 5.02 Å². The third kappa shape index (κ3) is 3.24. The fraction of sp³-hybridized carbons (Fsp3) is 0.250. The number of amides is 1. The molecular weight excluding hydrogens is 334 g/mol. The molecule has 7 heteroatoms. The molecule has 2 aromatic heterocycles. The van der Waals surface area contributed by atoms with Crippen molar-refractivity contribution in [2.24, 2.45) is 0 Å². The van der Waals surface area contributed by atoms with Gasteiger partial charge in [-0.3, -0.25) is 4.79 Å². The highest BCUT2D eigenvalue weighted by Crippen LogP contribution is 2.30.